The molecule has 2 rings (SSSR count). The maximum atomic E-state index is 9.38. The van der Waals surface area contributed by atoms with Crippen LogP contribution in [0.4, 0.5) is 0 Å². The van der Waals surface area contributed by atoms with Crippen molar-refractivity contribution >= 4 is 12.4 Å². The topological polar surface area (TPSA) is 64.7 Å². The molecule has 0 radical (unpaired) electrons. The number of benzene rings is 1. The Morgan fingerprint density at radius 3 is 2.50 bits per heavy atom. The average molecular weight is 246 g/mol. The minimum Gasteiger partial charge on any atom is -0.486 e. The molecule has 0 fully saturated rings. The van der Waals surface area contributed by atoms with Gasteiger partial charge >= 0.3 is 0 Å². The highest BCUT2D eigenvalue weighted by Gasteiger charge is 2.17. The Morgan fingerprint density at radius 1 is 1.25 bits per heavy atom. The summed E-state index contributed by atoms with van der Waals surface area (Å²) in [4.78, 5) is 0. The molecule has 2 atom stereocenters. The molecule has 0 aliphatic carbocycles. The van der Waals surface area contributed by atoms with Gasteiger partial charge in [0.1, 0.15) is 13.2 Å². The first-order valence-corrected chi connectivity index (χ1v) is 5.01. The van der Waals surface area contributed by atoms with Gasteiger partial charge in [0.05, 0.1) is 12.1 Å². The molecule has 0 amide bonds. The second-order valence-corrected chi connectivity index (χ2v) is 3.67. The zero-order chi connectivity index (χ0) is 10.8. The van der Waals surface area contributed by atoms with E-state index in [1.165, 1.54) is 0 Å². The minimum absolute atomic E-state index is 0. The number of rotatable bonds is 2. The Bertz CT molecular complexity index is 357. The van der Waals surface area contributed by atoms with E-state index in [4.69, 9.17) is 15.2 Å². The van der Waals surface area contributed by atoms with Crippen molar-refractivity contribution in [3.05, 3.63) is 23.8 Å². The van der Waals surface area contributed by atoms with Crippen LogP contribution in [0.5, 0.6) is 11.5 Å². The van der Waals surface area contributed by atoms with Gasteiger partial charge in [-0.25, -0.2) is 0 Å². The Hall–Kier alpha value is -0.970. The normalized spacial score (nSPS) is 17.2. The molecule has 3 N–H and O–H groups in total. The molecule has 4 nitrogen and oxygen atoms in total. The summed E-state index contributed by atoms with van der Waals surface area (Å²) in [5.74, 6) is 1.44. The minimum atomic E-state index is -0.576. The third kappa shape index (κ3) is 2.58. The van der Waals surface area contributed by atoms with Gasteiger partial charge in [-0.1, -0.05) is 6.07 Å². The average Bonchev–Trinajstić information content (AvgIpc) is 2.27. The van der Waals surface area contributed by atoms with Crippen molar-refractivity contribution in [2.24, 2.45) is 5.73 Å². The van der Waals surface area contributed by atoms with Gasteiger partial charge in [0, 0.05) is 0 Å². The van der Waals surface area contributed by atoms with Crippen molar-refractivity contribution in [3.63, 3.8) is 0 Å². The summed E-state index contributed by atoms with van der Waals surface area (Å²) in [6.45, 7) is 2.80. The van der Waals surface area contributed by atoms with Crippen molar-refractivity contribution in [1.82, 2.24) is 0 Å². The van der Waals surface area contributed by atoms with E-state index in [1.807, 2.05) is 18.2 Å². The molecule has 0 aromatic heterocycles. The molecule has 0 bridgehead atoms. The van der Waals surface area contributed by atoms with Gasteiger partial charge < -0.3 is 20.3 Å². The van der Waals surface area contributed by atoms with Gasteiger partial charge in [-0.2, -0.15) is 0 Å². The molecule has 1 aliphatic rings. The van der Waals surface area contributed by atoms with Gasteiger partial charge in [-0.3, -0.25) is 0 Å². The van der Waals surface area contributed by atoms with Crippen LogP contribution >= 0.6 is 12.4 Å². The summed E-state index contributed by atoms with van der Waals surface area (Å²) in [5.41, 5.74) is 6.68. The number of aliphatic hydroxyl groups is 1. The Kier molecular flexibility index (Phi) is 4.41. The van der Waals surface area contributed by atoms with E-state index >= 15 is 0 Å². The van der Waals surface area contributed by atoms with Crippen molar-refractivity contribution < 1.29 is 14.6 Å². The number of nitrogens with two attached hydrogens (primary N) is 1. The number of fused-ring (bicyclic) bond motifs is 1. The predicted molar refractivity (Wildman–Crippen MR) is 63.3 cm³/mol. The number of ether oxygens (including phenoxy) is 2. The number of halogens is 1. The van der Waals surface area contributed by atoms with E-state index in [-0.39, 0.29) is 18.4 Å². The van der Waals surface area contributed by atoms with E-state index in [1.54, 1.807) is 6.92 Å². The van der Waals surface area contributed by atoms with Crippen LogP contribution in [0.1, 0.15) is 18.5 Å². The van der Waals surface area contributed by atoms with Crippen LogP contribution in [-0.4, -0.2) is 24.4 Å². The fourth-order valence-electron chi connectivity index (χ4n) is 1.55. The number of hydrogen-bond donors (Lipinski definition) is 2. The molecule has 5 heteroatoms. The molecule has 0 unspecified atom stereocenters. The lowest BCUT2D eigenvalue weighted by atomic mass is 10.0. The maximum absolute atomic E-state index is 9.38. The smallest absolute Gasteiger partial charge is 0.161 e. The first kappa shape index (κ1) is 13.1. The fraction of sp³-hybridized carbons (Fsp3) is 0.455. The van der Waals surface area contributed by atoms with Gasteiger partial charge in [0.25, 0.3) is 0 Å². The van der Waals surface area contributed by atoms with Crippen LogP contribution in [-0.2, 0) is 0 Å². The number of hydrogen-bond acceptors (Lipinski definition) is 4. The fourth-order valence-corrected chi connectivity index (χ4v) is 1.55. The largest absolute Gasteiger partial charge is 0.486 e. The third-order valence-corrected chi connectivity index (χ3v) is 2.47. The molecular weight excluding hydrogens is 230 g/mol. The van der Waals surface area contributed by atoms with Gasteiger partial charge in [-0.15, -0.1) is 12.4 Å². The highest BCUT2D eigenvalue weighted by atomic mass is 35.5. The lowest BCUT2D eigenvalue weighted by Gasteiger charge is -2.21. The summed E-state index contributed by atoms with van der Waals surface area (Å²) in [5, 5.41) is 9.38. The molecular formula is C11H16ClNO3. The van der Waals surface area contributed by atoms with Crippen LogP contribution in [0, 0.1) is 0 Å². The van der Waals surface area contributed by atoms with Gasteiger partial charge in [0.2, 0.25) is 0 Å². The van der Waals surface area contributed by atoms with Crippen molar-refractivity contribution in [1.29, 1.82) is 0 Å². The molecule has 16 heavy (non-hydrogen) atoms. The molecule has 1 heterocycles. The van der Waals surface area contributed by atoms with Crippen LogP contribution < -0.4 is 15.2 Å². The Morgan fingerprint density at radius 2 is 1.88 bits per heavy atom. The number of aliphatic hydroxyl groups excluding tert-OH is 1. The van der Waals surface area contributed by atoms with E-state index in [0.29, 0.717) is 19.0 Å². The van der Waals surface area contributed by atoms with Crippen molar-refractivity contribution in [2.45, 2.75) is 19.1 Å². The van der Waals surface area contributed by atoms with Crippen molar-refractivity contribution in [3.8, 4) is 11.5 Å². The van der Waals surface area contributed by atoms with E-state index in [0.717, 1.165) is 11.3 Å². The van der Waals surface area contributed by atoms with Gasteiger partial charge in [-0.05, 0) is 24.6 Å². The predicted octanol–water partition coefficient (Wildman–Crippen LogP) is 1.26. The second kappa shape index (κ2) is 5.39. The Balaban J connectivity index is 0.00000128. The highest BCUT2D eigenvalue weighted by molar-refractivity contribution is 5.85. The monoisotopic (exact) mass is 245 g/mol. The summed E-state index contributed by atoms with van der Waals surface area (Å²) < 4.78 is 10.8. The summed E-state index contributed by atoms with van der Waals surface area (Å²) in [7, 11) is 0. The quantitative estimate of drug-likeness (QED) is 0.824. The summed E-state index contributed by atoms with van der Waals surface area (Å²) in [6, 6.07) is 5.11. The molecule has 90 valence electrons. The molecule has 1 aliphatic heterocycles. The van der Waals surface area contributed by atoms with Crippen LogP contribution in [0.25, 0.3) is 0 Å². The molecule has 0 spiro atoms. The molecule has 1 aromatic rings. The third-order valence-electron chi connectivity index (χ3n) is 2.47. The SMILES string of the molecule is C[C@H](O)[C@H](N)c1ccc2c(c1)OCCO2.Cl. The summed E-state index contributed by atoms with van der Waals surface area (Å²) >= 11 is 0. The van der Waals surface area contributed by atoms with Crippen molar-refractivity contribution in [2.75, 3.05) is 13.2 Å². The first-order valence-electron chi connectivity index (χ1n) is 5.01. The van der Waals surface area contributed by atoms with Crippen LogP contribution in [0.3, 0.4) is 0 Å². The van der Waals surface area contributed by atoms with E-state index < -0.39 is 6.10 Å². The van der Waals surface area contributed by atoms with E-state index in [2.05, 4.69) is 0 Å². The molecule has 0 saturated heterocycles. The summed E-state index contributed by atoms with van der Waals surface area (Å²) in [6.07, 6.45) is -0.576. The molecule has 1 aromatic carbocycles. The van der Waals surface area contributed by atoms with Crippen LogP contribution in [0.15, 0.2) is 18.2 Å². The van der Waals surface area contributed by atoms with Crippen LogP contribution in [0.2, 0.25) is 0 Å². The lowest BCUT2D eigenvalue weighted by Crippen LogP contribution is -2.23. The van der Waals surface area contributed by atoms with Gasteiger partial charge in [0.15, 0.2) is 11.5 Å². The zero-order valence-corrected chi connectivity index (χ0v) is 9.87. The lowest BCUT2D eigenvalue weighted by molar-refractivity contribution is 0.161. The highest BCUT2D eigenvalue weighted by Crippen LogP contribution is 2.32. The standard InChI is InChI=1S/C11H15NO3.ClH/c1-7(13)11(12)8-2-3-9-10(6-8)15-5-4-14-9;/h2-3,6-7,11,13H,4-5,12H2,1H3;1H/t7-,11-;/m0./s1. The van der Waals surface area contributed by atoms with E-state index in [9.17, 15) is 5.11 Å². The molecule has 0 saturated carbocycles. The zero-order valence-electron chi connectivity index (χ0n) is 9.05. The second-order valence-electron chi connectivity index (χ2n) is 3.67. The first-order chi connectivity index (χ1) is 7.18. The Labute approximate surface area is 101 Å². The maximum Gasteiger partial charge on any atom is 0.161 e.